The van der Waals surface area contributed by atoms with Gasteiger partial charge in [0.05, 0.1) is 16.7 Å². The zero-order valence-corrected chi connectivity index (χ0v) is 16.2. The summed E-state index contributed by atoms with van der Waals surface area (Å²) >= 11 is 6.37. The predicted molar refractivity (Wildman–Crippen MR) is 109 cm³/mol. The van der Waals surface area contributed by atoms with Crippen LogP contribution in [0.1, 0.15) is 11.1 Å². The zero-order valence-electron chi connectivity index (χ0n) is 15.4. The maximum Gasteiger partial charge on any atom is 0.162 e. The lowest BCUT2D eigenvalue weighted by atomic mass is 10.2. The van der Waals surface area contributed by atoms with Crippen LogP contribution in [-0.2, 0) is 13.7 Å². The van der Waals surface area contributed by atoms with Gasteiger partial charge in [-0.1, -0.05) is 23.7 Å². The number of aromatic nitrogens is 3. The lowest BCUT2D eigenvalue weighted by Crippen LogP contribution is -1.99. The third kappa shape index (κ3) is 3.64. The lowest BCUT2D eigenvalue weighted by molar-refractivity contribution is 0.306. The third-order valence-corrected chi connectivity index (χ3v) is 4.77. The normalized spacial score (nSPS) is 11.0. The molecule has 0 atom stereocenters. The molecule has 1 N–H and O–H groups in total. The minimum Gasteiger partial charge on any atom is -0.487 e. The Morgan fingerprint density at radius 1 is 1.21 bits per heavy atom. The summed E-state index contributed by atoms with van der Waals surface area (Å²) < 4.78 is 21.0. The molecule has 5 nitrogen and oxygen atoms in total. The summed E-state index contributed by atoms with van der Waals surface area (Å²) in [6.07, 6.45) is 3.78. The van der Waals surface area contributed by atoms with Crippen LogP contribution in [0.4, 0.5) is 15.9 Å². The monoisotopic (exact) mass is 396 g/mol. The predicted octanol–water partition coefficient (Wildman–Crippen LogP) is 5.39. The second-order valence-electron chi connectivity index (χ2n) is 6.57. The molecular weight excluding hydrogens is 379 g/mol. The van der Waals surface area contributed by atoms with Crippen molar-refractivity contribution >= 4 is 34.0 Å². The molecule has 0 fully saturated rings. The molecule has 0 aliphatic carbocycles. The Morgan fingerprint density at radius 2 is 2.07 bits per heavy atom. The van der Waals surface area contributed by atoms with Gasteiger partial charge < -0.3 is 14.6 Å². The molecule has 0 unspecified atom stereocenters. The van der Waals surface area contributed by atoms with E-state index in [9.17, 15) is 4.39 Å². The van der Waals surface area contributed by atoms with Crippen LogP contribution in [0.25, 0.3) is 10.9 Å². The molecule has 142 valence electrons. The first-order valence-corrected chi connectivity index (χ1v) is 9.10. The fourth-order valence-corrected chi connectivity index (χ4v) is 3.40. The van der Waals surface area contributed by atoms with Crippen LogP contribution in [-0.4, -0.2) is 14.8 Å². The van der Waals surface area contributed by atoms with E-state index in [0.29, 0.717) is 16.6 Å². The van der Waals surface area contributed by atoms with Gasteiger partial charge in [-0.15, -0.1) is 5.10 Å². The van der Waals surface area contributed by atoms with E-state index in [2.05, 4.69) is 15.5 Å². The van der Waals surface area contributed by atoms with E-state index in [1.807, 2.05) is 30.8 Å². The average molecular weight is 397 g/mol. The second-order valence-corrected chi connectivity index (χ2v) is 6.97. The van der Waals surface area contributed by atoms with E-state index in [1.165, 1.54) is 12.1 Å². The first kappa shape index (κ1) is 18.3. The zero-order chi connectivity index (χ0) is 19.7. The number of nitrogens with one attached hydrogen (secondary N) is 1. The van der Waals surface area contributed by atoms with E-state index < -0.39 is 0 Å². The highest BCUT2D eigenvalue weighted by Crippen LogP contribution is 2.32. The summed E-state index contributed by atoms with van der Waals surface area (Å²) in [4.78, 5) is 0. The molecule has 0 amide bonds. The molecular formula is C21H18ClFN4O. The van der Waals surface area contributed by atoms with Gasteiger partial charge in [0, 0.05) is 24.3 Å². The van der Waals surface area contributed by atoms with E-state index in [4.69, 9.17) is 16.3 Å². The molecule has 0 aliphatic rings. The molecule has 2 aromatic heterocycles. The van der Waals surface area contributed by atoms with Crippen LogP contribution in [0.2, 0.25) is 5.02 Å². The quantitative estimate of drug-likeness (QED) is 0.491. The summed E-state index contributed by atoms with van der Waals surface area (Å²) in [6, 6.07) is 11.7. The van der Waals surface area contributed by atoms with Crippen LogP contribution in [0.5, 0.6) is 5.75 Å². The highest BCUT2D eigenvalue weighted by atomic mass is 35.5. The first-order valence-electron chi connectivity index (χ1n) is 8.72. The average Bonchev–Trinajstić information content (AvgIpc) is 2.96. The number of anilines is 2. The van der Waals surface area contributed by atoms with Crippen molar-refractivity contribution in [2.75, 3.05) is 5.32 Å². The van der Waals surface area contributed by atoms with Gasteiger partial charge in [0.15, 0.2) is 5.82 Å². The number of fused-ring (bicyclic) bond motifs is 1. The summed E-state index contributed by atoms with van der Waals surface area (Å²) in [7, 11) is 1.97. The molecule has 0 aliphatic heterocycles. The Morgan fingerprint density at radius 3 is 2.86 bits per heavy atom. The molecule has 4 aromatic rings. The molecule has 2 aromatic carbocycles. The lowest BCUT2D eigenvalue weighted by Gasteiger charge is -2.11. The number of nitrogens with zero attached hydrogens (tertiary/aromatic N) is 3. The third-order valence-electron chi connectivity index (χ3n) is 4.47. The van der Waals surface area contributed by atoms with E-state index >= 15 is 0 Å². The molecule has 0 bridgehead atoms. The number of rotatable bonds is 5. The van der Waals surface area contributed by atoms with Crippen LogP contribution < -0.4 is 10.1 Å². The standard InChI is InChI=1S/C21H18ClFN4O/c1-13-11-27(2)18-10-24-26-21(20(13)18)25-16-6-7-19(17(22)9-16)28-12-14-4-3-5-15(23)8-14/h3-11H,12H2,1-2H3,(H,25,26). The molecule has 0 radical (unpaired) electrons. The summed E-state index contributed by atoms with van der Waals surface area (Å²) in [5, 5.41) is 13.0. The molecule has 0 saturated carbocycles. The summed E-state index contributed by atoms with van der Waals surface area (Å²) in [5.41, 5.74) is 3.61. The van der Waals surface area contributed by atoms with Gasteiger partial charge in [-0.3, -0.25) is 0 Å². The maximum atomic E-state index is 13.3. The summed E-state index contributed by atoms with van der Waals surface area (Å²) in [6.45, 7) is 2.27. The van der Waals surface area contributed by atoms with E-state index in [1.54, 1.807) is 30.5 Å². The SMILES string of the molecule is Cc1cn(C)c2cnnc(Nc3ccc(OCc4cccc(F)c4)c(Cl)c3)c12. The topological polar surface area (TPSA) is 52.0 Å². The summed E-state index contributed by atoms with van der Waals surface area (Å²) in [5.74, 6) is 0.898. The van der Waals surface area contributed by atoms with Gasteiger partial charge >= 0.3 is 0 Å². The van der Waals surface area contributed by atoms with E-state index in [-0.39, 0.29) is 12.4 Å². The number of benzene rings is 2. The minimum absolute atomic E-state index is 0.234. The smallest absolute Gasteiger partial charge is 0.162 e. The Labute approximate surface area is 166 Å². The van der Waals surface area contributed by atoms with Gasteiger partial charge in [-0.25, -0.2) is 4.39 Å². The van der Waals surface area contributed by atoms with Crippen molar-refractivity contribution in [2.45, 2.75) is 13.5 Å². The highest BCUT2D eigenvalue weighted by Gasteiger charge is 2.11. The Balaban J connectivity index is 1.54. The minimum atomic E-state index is -0.293. The number of halogens is 2. The second kappa shape index (κ2) is 7.48. The molecule has 2 heterocycles. The number of hydrogen-bond acceptors (Lipinski definition) is 4. The van der Waals surface area contributed by atoms with Crippen molar-refractivity contribution in [3.63, 3.8) is 0 Å². The molecule has 4 rings (SSSR count). The van der Waals surface area contributed by atoms with Crippen LogP contribution >= 0.6 is 11.6 Å². The van der Waals surface area contributed by atoms with Gasteiger partial charge in [-0.2, -0.15) is 5.10 Å². The number of aryl methyl sites for hydroxylation is 2. The Kier molecular flexibility index (Phi) is 4.88. The highest BCUT2D eigenvalue weighted by molar-refractivity contribution is 6.32. The molecule has 0 saturated heterocycles. The fraction of sp³-hybridized carbons (Fsp3) is 0.143. The van der Waals surface area contributed by atoms with Crippen molar-refractivity contribution < 1.29 is 9.13 Å². The van der Waals surface area contributed by atoms with Crippen molar-refractivity contribution in [3.05, 3.63) is 76.8 Å². The number of hydrogen-bond donors (Lipinski definition) is 1. The van der Waals surface area contributed by atoms with Crippen LogP contribution in [0.3, 0.4) is 0 Å². The first-order chi connectivity index (χ1) is 13.5. The van der Waals surface area contributed by atoms with Crippen molar-refractivity contribution in [1.82, 2.24) is 14.8 Å². The van der Waals surface area contributed by atoms with Crippen molar-refractivity contribution in [2.24, 2.45) is 7.05 Å². The van der Waals surface area contributed by atoms with Gasteiger partial charge in [0.2, 0.25) is 0 Å². The Hall–Kier alpha value is -3.12. The van der Waals surface area contributed by atoms with Crippen molar-refractivity contribution in [1.29, 1.82) is 0 Å². The molecule has 7 heteroatoms. The Bertz CT molecular complexity index is 1160. The number of ether oxygens (including phenoxy) is 1. The van der Waals surface area contributed by atoms with Gasteiger partial charge in [0.25, 0.3) is 0 Å². The fourth-order valence-electron chi connectivity index (χ4n) is 3.17. The van der Waals surface area contributed by atoms with E-state index in [0.717, 1.165) is 27.7 Å². The molecule has 0 spiro atoms. The van der Waals surface area contributed by atoms with Crippen LogP contribution in [0.15, 0.2) is 54.9 Å². The van der Waals surface area contributed by atoms with Crippen LogP contribution in [0, 0.1) is 12.7 Å². The van der Waals surface area contributed by atoms with Gasteiger partial charge in [0.1, 0.15) is 18.2 Å². The molecule has 28 heavy (non-hydrogen) atoms. The van der Waals surface area contributed by atoms with Gasteiger partial charge in [-0.05, 0) is 48.4 Å². The largest absolute Gasteiger partial charge is 0.487 e. The van der Waals surface area contributed by atoms with Crippen molar-refractivity contribution in [3.8, 4) is 5.75 Å². The maximum absolute atomic E-state index is 13.3.